The summed E-state index contributed by atoms with van der Waals surface area (Å²) in [5.74, 6) is -0.257. The third-order valence-electron chi connectivity index (χ3n) is 2.18. The highest BCUT2D eigenvalue weighted by atomic mass is 32.2. The first-order valence-corrected chi connectivity index (χ1v) is 5.85. The minimum absolute atomic E-state index is 0.143. The molecule has 0 aromatic carbocycles. The lowest BCUT2D eigenvalue weighted by atomic mass is 10.1. The van der Waals surface area contributed by atoms with E-state index in [2.05, 4.69) is 0 Å². The van der Waals surface area contributed by atoms with E-state index < -0.39 is 11.6 Å². The Hall–Kier alpha value is -0.260. The van der Waals surface area contributed by atoms with Gasteiger partial charge in [-0.2, -0.15) is 11.8 Å². The number of carboxylic acids is 1. The van der Waals surface area contributed by atoms with Crippen molar-refractivity contribution in [1.82, 2.24) is 4.90 Å². The Labute approximate surface area is 89.3 Å². The van der Waals surface area contributed by atoms with Gasteiger partial charge in [-0.15, -0.1) is 0 Å². The first-order valence-electron chi connectivity index (χ1n) is 4.46. The Balaban J connectivity index is 4.16. The first-order chi connectivity index (χ1) is 6.31. The van der Waals surface area contributed by atoms with E-state index in [1.165, 1.54) is 6.92 Å². The van der Waals surface area contributed by atoms with Crippen LogP contribution in [-0.2, 0) is 4.79 Å². The van der Waals surface area contributed by atoms with E-state index in [1.807, 2.05) is 25.1 Å². The second-order valence-corrected chi connectivity index (χ2v) is 4.71. The normalized spacial score (nSPS) is 17.9. The van der Waals surface area contributed by atoms with E-state index in [0.29, 0.717) is 0 Å². The Kier molecular flexibility index (Phi) is 5.48. The molecule has 0 rings (SSSR count). The van der Waals surface area contributed by atoms with Crippen molar-refractivity contribution in [1.29, 1.82) is 0 Å². The summed E-state index contributed by atoms with van der Waals surface area (Å²) in [5, 5.41) is 18.3. The van der Waals surface area contributed by atoms with Crippen LogP contribution in [0, 0.1) is 0 Å². The second kappa shape index (κ2) is 5.58. The van der Waals surface area contributed by atoms with Crippen molar-refractivity contribution >= 4 is 17.7 Å². The van der Waals surface area contributed by atoms with Gasteiger partial charge in [-0.3, -0.25) is 4.90 Å². The van der Waals surface area contributed by atoms with Crippen LogP contribution in [0.5, 0.6) is 0 Å². The fraction of sp³-hybridized carbons (Fsp3) is 0.889. The number of thioether (sulfide) groups is 1. The lowest BCUT2D eigenvalue weighted by Crippen LogP contribution is -2.48. The molecule has 2 atom stereocenters. The molecule has 0 spiro atoms. The van der Waals surface area contributed by atoms with Crippen LogP contribution in [0.3, 0.4) is 0 Å². The van der Waals surface area contributed by atoms with Crippen LogP contribution in [0.15, 0.2) is 0 Å². The van der Waals surface area contributed by atoms with E-state index in [-0.39, 0.29) is 12.6 Å². The Morgan fingerprint density at radius 1 is 1.64 bits per heavy atom. The summed E-state index contributed by atoms with van der Waals surface area (Å²) in [6.45, 7) is 3.47. The number of likely N-dealkylation sites (N-methyl/N-ethyl adjacent to an activating group) is 1. The highest BCUT2D eigenvalue weighted by molar-refractivity contribution is 7.98. The predicted molar refractivity (Wildman–Crippen MR) is 58.7 cm³/mol. The summed E-state index contributed by atoms with van der Waals surface area (Å²) in [4.78, 5) is 12.5. The average molecular weight is 221 g/mol. The van der Waals surface area contributed by atoms with Crippen LogP contribution in [0.1, 0.15) is 13.8 Å². The van der Waals surface area contributed by atoms with E-state index in [4.69, 9.17) is 5.11 Å². The first kappa shape index (κ1) is 13.7. The van der Waals surface area contributed by atoms with Gasteiger partial charge in [0, 0.05) is 18.3 Å². The van der Waals surface area contributed by atoms with Crippen LogP contribution in [0.2, 0.25) is 0 Å². The molecule has 4 nitrogen and oxygen atoms in total. The third kappa shape index (κ3) is 4.30. The van der Waals surface area contributed by atoms with Crippen molar-refractivity contribution in [3.8, 4) is 0 Å². The molecule has 0 saturated heterocycles. The van der Waals surface area contributed by atoms with Gasteiger partial charge in [-0.25, -0.2) is 4.79 Å². The van der Waals surface area contributed by atoms with Crippen LogP contribution >= 0.6 is 11.8 Å². The van der Waals surface area contributed by atoms with Crippen LogP contribution in [-0.4, -0.2) is 58.3 Å². The van der Waals surface area contributed by atoms with E-state index >= 15 is 0 Å². The van der Waals surface area contributed by atoms with E-state index in [9.17, 15) is 9.90 Å². The van der Waals surface area contributed by atoms with Crippen LogP contribution in [0.4, 0.5) is 0 Å². The van der Waals surface area contributed by atoms with E-state index in [1.54, 1.807) is 11.8 Å². The van der Waals surface area contributed by atoms with Crippen molar-refractivity contribution in [3.05, 3.63) is 0 Å². The molecular formula is C9H19NO3S. The lowest BCUT2D eigenvalue weighted by Gasteiger charge is -2.29. The molecule has 0 heterocycles. The van der Waals surface area contributed by atoms with Crippen molar-refractivity contribution in [2.75, 3.05) is 25.6 Å². The summed E-state index contributed by atoms with van der Waals surface area (Å²) in [7, 11) is 1.82. The molecule has 84 valence electrons. The van der Waals surface area contributed by atoms with Crippen molar-refractivity contribution < 1.29 is 15.0 Å². The van der Waals surface area contributed by atoms with Crippen molar-refractivity contribution in [3.63, 3.8) is 0 Å². The van der Waals surface area contributed by atoms with Crippen LogP contribution in [0.25, 0.3) is 0 Å². The van der Waals surface area contributed by atoms with Gasteiger partial charge in [0.15, 0.2) is 5.60 Å². The standard InChI is InChI=1S/C9H19NO3S/c1-7(5-14-4)10(3)6-9(2,13)8(11)12/h7,13H,5-6H2,1-4H3,(H,11,12). The molecular weight excluding hydrogens is 202 g/mol. The zero-order valence-electron chi connectivity index (χ0n) is 9.15. The van der Waals surface area contributed by atoms with Gasteiger partial charge in [0.2, 0.25) is 0 Å². The van der Waals surface area contributed by atoms with Gasteiger partial charge in [0.25, 0.3) is 0 Å². The number of rotatable bonds is 6. The molecule has 0 aliphatic heterocycles. The van der Waals surface area contributed by atoms with E-state index in [0.717, 1.165) is 5.75 Å². The number of hydrogen-bond donors (Lipinski definition) is 2. The van der Waals surface area contributed by atoms with Gasteiger partial charge in [-0.1, -0.05) is 0 Å². The number of aliphatic hydroxyl groups is 1. The number of carboxylic acid groups (broad SMARTS) is 1. The van der Waals surface area contributed by atoms with Gasteiger partial charge in [0.05, 0.1) is 0 Å². The molecule has 2 unspecified atom stereocenters. The maximum absolute atomic E-state index is 10.7. The van der Waals surface area contributed by atoms with Crippen LogP contribution < -0.4 is 0 Å². The molecule has 0 amide bonds. The fourth-order valence-corrected chi connectivity index (χ4v) is 1.81. The van der Waals surface area contributed by atoms with Gasteiger partial charge >= 0.3 is 5.97 Å². The Morgan fingerprint density at radius 2 is 2.14 bits per heavy atom. The maximum Gasteiger partial charge on any atom is 0.336 e. The highest BCUT2D eigenvalue weighted by Gasteiger charge is 2.32. The minimum atomic E-state index is -1.67. The molecule has 0 radical (unpaired) electrons. The Morgan fingerprint density at radius 3 is 2.50 bits per heavy atom. The zero-order valence-corrected chi connectivity index (χ0v) is 9.97. The Bertz CT molecular complexity index is 196. The molecule has 0 aliphatic carbocycles. The quantitative estimate of drug-likeness (QED) is 0.684. The molecule has 0 aliphatic rings. The minimum Gasteiger partial charge on any atom is -0.479 e. The largest absolute Gasteiger partial charge is 0.479 e. The summed E-state index contributed by atoms with van der Waals surface area (Å²) in [6.07, 6.45) is 2.00. The molecule has 2 N–H and O–H groups in total. The molecule has 5 heteroatoms. The predicted octanol–water partition coefficient (Wildman–Crippen LogP) is 0.505. The summed E-state index contributed by atoms with van der Waals surface area (Å²) >= 11 is 1.70. The molecule has 0 aromatic rings. The lowest BCUT2D eigenvalue weighted by molar-refractivity contribution is -0.158. The fourth-order valence-electron chi connectivity index (χ4n) is 1.08. The monoisotopic (exact) mass is 221 g/mol. The summed E-state index contributed by atoms with van der Waals surface area (Å²) in [6, 6.07) is 0.260. The summed E-state index contributed by atoms with van der Waals surface area (Å²) in [5.41, 5.74) is -1.67. The molecule has 14 heavy (non-hydrogen) atoms. The topological polar surface area (TPSA) is 60.8 Å². The maximum atomic E-state index is 10.7. The third-order valence-corrected chi connectivity index (χ3v) is 2.99. The molecule has 0 bridgehead atoms. The van der Waals surface area contributed by atoms with Gasteiger partial charge in [-0.05, 0) is 27.2 Å². The molecule has 0 fully saturated rings. The number of hydrogen-bond acceptors (Lipinski definition) is 4. The highest BCUT2D eigenvalue weighted by Crippen LogP contribution is 2.10. The van der Waals surface area contributed by atoms with Crippen molar-refractivity contribution in [2.45, 2.75) is 25.5 Å². The number of nitrogens with zero attached hydrogens (tertiary/aromatic N) is 1. The zero-order chi connectivity index (χ0) is 11.4. The smallest absolute Gasteiger partial charge is 0.336 e. The number of aliphatic carboxylic acids is 1. The molecule has 0 aromatic heterocycles. The number of carbonyl (C=O) groups is 1. The SMILES string of the molecule is CSCC(C)N(C)CC(C)(O)C(=O)O. The van der Waals surface area contributed by atoms with Gasteiger partial charge < -0.3 is 10.2 Å². The average Bonchev–Trinajstić information content (AvgIpc) is 2.03. The second-order valence-electron chi connectivity index (χ2n) is 3.80. The van der Waals surface area contributed by atoms with Gasteiger partial charge in [0.1, 0.15) is 0 Å². The van der Waals surface area contributed by atoms with Crippen molar-refractivity contribution in [2.24, 2.45) is 0 Å². The summed E-state index contributed by atoms with van der Waals surface area (Å²) < 4.78 is 0. The molecule has 0 saturated carbocycles.